The van der Waals surface area contributed by atoms with E-state index in [1.54, 1.807) is 4.90 Å². The zero-order valence-electron chi connectivity index (χ0n) is 8.11. The van der Waals surface area contributed by atoms with Crippen LogP contribution >= 0.6 is 12.4 Å². The molecule has 82 valence electrons. The van der Waals surface area contributed by atoms with Gasteiger partial charge < -0.3 is 15.3 Å². The summed E-state index contributed by atoms with van der Waals surface area (Å²) in [4.78, 5) is 13.6. The molecule has 4 nitrogen and oxygen atoms in total. The van der Waals surface area contributed by atoms with Crippen LogP contribution in [0.2, 0.25) is 0 Å². The van der Waals surface area contributed by atoms with Crippen LogP contribution < -0.4 is 5.32 Å². The van der Waals surface area contributed by atoms with Crippen molar-refractivity contribution < 1.29 is 9.90 Å². The molecule has 2 atom stereocenters. The fourth-order valence-electron chi connectivity index (χ4n) is 2.07. The van der Waals surface area contributed by atoms with Crippen molar-refractivity contribution in [3.8, 4) is 0 Å². The number of nitrogens with one attached hydrogen (secondary N) is 1. The van der Waals surface area contributed by atoms with Crippen LogP contribution in [0.25, 0.3) is 0 Å². The largest absolute Gasteiger partial charge is 0.391 e. The molecule has 2 saturated heterocycles. The summed E-state index contributed by atoms with van der Waals surface area (Å²) in [6.45, 7) is 3.03. The number of hydrogen-bond acceptors (Lipinski definition) is 3. The third kappa shape index (κ3) is 2.38. The van der Waals surface area contributed by atoms with Gasteiger partial charge >= 0.3 is 0 Å². The predicted molar refractivity (Wildman–Crippen MR) is 55.4 cm³/mol. The smallest absolute Gasteiger partial charge is 0.227 e. The molecule has 0 radical (unpaired) electrons. The molecule has 2 aliphatic heterocycles. The lowest BCUT2D eigenvalue weighted by Crippen LogP contribution is -2.35. The lowest BCUT2D eigenvalue weighted by atomic mass is 10.1. The normalized spacial score (nSPS) is 31.6. The van der Waals surface area contributed by atoms with E-state index in [0.717, 1.165) is 32.5 Å². The Balaban J connectivity index is 0.000000980. The molecule has 5 heteroatoms. The van der Waals surface area contributed by atoms with E-state index < -0.39 is 0 Å². The molecule has 0 bridgehead atoms. The summed E-state index contributed by atoms with van der Waals surface area (Å²) in [6, 6.07) is 0. The second kappa shape index (κ2) is 4.96. The molecular weight excluding hydrogens is 204 g/mol. The zero-order valence-corrected chi connectivity index (χ0v) is 8.92. The second-order valence-electron chi connectivity index (χ2n) is 3.92. The van der Waals surface area contributed by atoms with Crippen LogP contribution in [-0.2, 0) is 4.79 Å². The Labute approximate surface area is 90.1 Å². The number of likely N-dealkylation sites (tertiary alicyclic amines) is 1. The van der Waals surface area contributed by atoms with E-state index in [1.807, 2.05) is 0 Å². The topological polar surface area (TPSA) is 52.6 Å². The fraction of sp³-hybridized carbons (Fsp3) is 0.889. The molecule has 1 amide bonds. The maximum absolute atomic E-state index is 11.8. The molecule has 0 aromatic rings. The number of aliphatic hydroxyl groups excluding tert-OH is 1. The van der Waals surface area contributed by atoms with Crippen LogP contribution in [0.3, 0.4) is 0 Å². The third-order valence-electron chi connectivity index (χ3n) is 2.88. The van der Waals surface area contributed by atoms with Crippen molar-refractivity contribution in [2.24, 2.45) is 5.92 Å². The summed E-state index contributed by atoms with van der Waals surface area (Å²) >= 11 is 0. The number of hydrogen-bond donors (Lipinski definition) is 2. The number of halogens is 1. The summed E-state index contributed by atoms with van der Waals surface area (Å²) in [6.07, 6.45) is 1.40. The van der Waals surface area contributed by atoms with Crippen molar-refractivity contribution in [3.05, 3.63) is 0 Å². The number of nitrogens with zero attached hydrogens (tertiary/aromatic N) is 1. The summed E-state index contributed by atoms with van der Waals surface area (Å²) < 4.78 is 0. The van der Waals surface area contributed by atoms with Gasteiger partial charge in [0, 0.05) is 19.6 Å². The van der Waals surface area contributed by atoms with Crippen LogP contribution in [0.1, 0.15) is 12.8 Å². The van der Waals surface area contributed by atoms with E-state index in [4.69, 9.17) is 0 Å². The van der Waals surface area contributed by atoms with Gasteiger partial charge in [-0.05, 0) is 19.4 Å². The monoisotopic (exact) mass is 220 g/mol. The van der Waals surface area contributed by atoms with Gasteiger partial charge in [-0.1, -0.05) is 0 Å². The first kappa shape index (κ1) is 11.8. The molecule has 14 heavy (non-hydrogen) atoms. The summed E-state index contributed by atoms with van der Waals surface area (Å²) in [7, 11) is 0. The SMILES string of the molecule is Cl.O=C([C@@H]1CCNC1)N1CC[C@H](O)C1. The predicted octanol–water partition coefficient (Wildman–Crippen LogP) is -0.389. The fourth-order valence-corrected chi connectivity index (χ4v) is 2.07. The number of amides is 1. The number of aliphatic hydroxyl groups is 1. The number of carbonyl (C=O) groups is 1. The highest BCUT2D eigenvalue weighted by Gasteiger charge is 2.31. The molecule has 0 aromatic carbocycles. The van der Waals surface area contributed by atoms with E-state index in [2.05, 4.69) is 5.32 Å². The number of rotatable bonds is 1. The van der Waals surface area contributed by atoms with E-state index in [-0.39, 0.29) is 30.3 Å². The molecule has 2 N–H and O–H groups in total. The Morgan fingerprint density at radius 2 is 2.21 bits per heavy atom. The summed E-state index contributed by atoms with van der Waals surface area (Å²) in [5.41, 5.74) is 0. The first-order valence-electron chi connectivity index (χ1n) is 4.95. The average molecular weight is 221 g/mol. The molecule has 2 fully saturated rings. The van der Waals surface area contributed by atoms with Crippen LogP contribution in [0.15, 0.2) is 0 Å². The van der Waals surface area contributed by atoms with Crippen molar-refractivity contribution in [2.75, 3.05) is 26.2 Å². The van der Waals surface area contributed by atoms with Crippen molar-refractivity contribution in [1.29, 1.82) is 0 Å². The second-order valence-corrected chi connectivity index (χ2v) is 3.92. The van der Waals surface area contributed by atoms with Crippen molar-refractivity contribution in [2.45, 2.75) is 18.9 Å². The Bertz CT molecular complexity index is 207. The lowest BCUT2D eigenvalue weighted by Gasteiger charge is -2.19. The Hall–Kier alpha value is -0.320. The molecule has 0 spiro atoms. The van der Waals surface area contributed by atoms with Crippen LogP contribution in [0, 0.1) is 5.92 Å². The highest BCUT2D eigenvalue weighted by molar-refractivity contribution is 5.85. The minimum atomic E-state index is -0.293. The van der Waals surface area contributed by atoms with E-state index in [1.165, 1.54) is 0 Å². The molecule has 0 aromatic heterocycles. The highest BCUT2D eigenvalue weighted by atomic mass is 35.5. The van der Waals surface area contributed by atoms with E-state index >= 15 is 0 Å². The lowest BCUT2D eigenvalue weighted by molar-refractivity contribution is -0.134. The third-order valence-corrected chi connectivity index (χ3v) is 2.88. The number of β-amino-alcohol motifs (C(OH)–C–C–N with tert-alkyl or cyclic N) is 1. The van der Waals surface area contributed by atoms with Gasteiger partial charge in [0.25, 0.3) is 0 Å². The van der Waals surface area contributed by atoms with Gasteiger partial charge in [-0.15, -0.1) is 12.4 Å². The van der Waals surface area contributed by atoms with Crippen LogP contribution in [-0.4, -0.2) is 48.2 Å². The quantitative estimate of drug-likeness (QED) is 0.633. The maximum atomic E-state index is 11.8. The molecule has 2 rings (SSSR count). The van der Waals surface area contributed by atoms with Gasteiger partial charge in [0.15, 0.2) is 0 Å². The minimum Gasteiger partial charge on any atom is -0.391 e. The van der Waals surface area contributed by atoms with Gasteiger partial charge in [0.1, 0.15) is 0 Å². The van der Waals surface area contributed by atoms with Crippen molar-refractivity contribution in [3.63, 3.8) is 0 Å². The Morgan fingerprint density at radius 3 is 2.71 bits per heavy atom. The average Bonchev–Trinajstić information content (AvgIpc) is 2.72. The molecule has 2 aliphatic rings. The molecule has 0 saturated carbocycles. The minimum absolute atomic E-state index is 0. The van der Waals surface area contributed by atoms with E-state index in [9.17, 15) is 9.90 Å². The first-order valence-corrected chi connectivity index (χ1v) is 4.95. The van der Waals surface area contributed by atoms with Gasteiger partial charge in [-0.3, -0.25) is 4.79 Å². The molecular formula is C9H17ClN2O2. The molecule has 0 aliphatic carbocycles. The van der Waals surface area contributed by atoms with E-state index in [0.29, 0.717) is 6.54 Å². The van der Waals surface area contributed by atoms with Crippen LogP contribution in [0.5, 0.6) is 0 Å². The Morgan fingerprint density at radius 1 is 1.43 bits per heavy atom. The molecule has 0 unspecified atom stereocenters. The van der Waals surface area contributed by atoms with Crippen molar-refractivity contribution >= 4 is 18.3 Å². The Kier molecular flexibility index (Phi) is 4.16. The van der Waals surface area contributed by atoms with Gasteiger partial charge in [-0.2, -0.15) is 0 Å². The zero-order chi connectivity index (χ0) is 9.26. The van der Waals surface area contributed by atoms with Crippen molar-refractivity contribution in [1.82, 2.24) is 10.2 Å². The van der Waals surface area contributed by atoms with Gasteiger partial charge in [0.2, 0.25) is 5.91 Å². The maximum Gasteiger partial charge on any atom is 0.227 e. The molecule has 2 heterocycles. The van der Waals surface area contributed by atoms with Gasteiger partial charge in [0.05, 0.1) is 12.0 Å². The summed E-state index contributed by atoms with van der Waals surface area (Å²) in [5.74, 6) is 0.381. The summed E-state index contributed by atoms with van der Waals surface area (Å²) in [5, 5.41) is 12.5. The first-order chi connectivity index (χ1) is 6.27. The standard InChI is InChI=1S/C9H16N2O2.ClH/c12-8-2-4-11(6-8)9(13)7-1-3-10-5-7;/h7-8,10,12H,1-6H2;1H/t7-,8+;/m1./s1. The highest BCUT2D eigenvalue weighted by Crippen LogP contribution is 2.16. The van der Waals surface area contributed by atoms with Gasteiger partial charge in [-0.25, -0.2) is 0 Å². The number of carbonyl (C=O) groups excluding carboxylic acids is 1. The van der Waals surface area contributed by atoms with Crippen LogP contribution in [0.4, 0.5) is 0 Å².